The standard InChI is InChI=1S/C21H22N2O5/c1-28-20-5-3-2-4-18(20)15-10-12-22(13-11-15)19-8-7-17(23(26)27)14-16(19)6-9-21(24)25/h2-9,14-15H,10-13H2,1H3,(H,24,25)/b9-6+. The van der Waals surface area contributed by atoms with Crippen LogP contribution < -0.4 is 9.64 Å². The Kier molecular flexibility index (Phi) is 5.93. The molecule has 0 atom stereocenters. The van der Waals surface area contributed by atoms with E-state index >= 15 is 0 Å². The third-order valence-electron chi connectivity index (χ3n) is 5.04. The van der Waals surface area contributed by atoms with Crippen LogP contribution in [-0.2, 0) is 4.79 Å². The van der Waals surface area contributed by atoms with E-state index in [1.54, 1.807) is 13.2 Å². The van der Waals surface area contributed by atoms with E-state index in [0.717, 1.165) is 43.4 Å². The third kappa shape index (κ3) is 4.31. The van der Waals surface area contributed by atoms with Crippen molar-refractivity contribution >= 4 is 23.4 Å². The van der Waals surface area contributed by atoms with Gasteiger partial charge in [0.2, 0.25) is 0 Å². The molecule has 0 bridgehead atoms. The van der Waals surface area contributed by atoms with E-state index in [-0.39, 0.29) is 5.69 Å². The zero-order valence-corrected chi connectivity index (χ0v) is 15.6. The van der Waals surface area contributed by atoms with E-state index in [9.17, 15) is 14.9 Å². The van der Waals surface area contributed by atoms with Gasteiger partial charge in [0.05, 0.1) is 12.0 Å². The first-order valence-corrected chi connectivity index (χ1v) is 9.07. The first kappa shape index (κ1) is 19.4. The maximum Gasteiger partial charge on any atom is 0.328 e. The maximum atomic E-state index is 11.1. The Morgan fingerprint density at radius 3 is 2.61 bits per heavy atom. The molecule has 1 heterocycles. The van der Waals surface area contributed by atoms with Crippen LogP contribution in [0.25, 0.3) is 6.08 Å². The van der Waals surface area contributed by atoms with Crippen LogP contribution in [0, 0.1) is 10.1 Å². The van der Waals surface area contributed by atoms with Gasteiger partial charge in [-0.15, -0.1) is 0 Å². The monoisotopic (exact) mass is 382 g/mol. The smallest absolute Gasteiger partial charge is 0.328 e. The second-order valence-corrected chi connectivity index (χ2v) is 6.68. The quantitative estimate of drug-likeness (QED) is 0.460. The number of non-ortho nitro benzene ring substituents is 1. The number of ether oxygens (including phenoxy) is 1. The van der Waals surface area contributed by atoms with Crippen molar-refractivity contribution in [2.24, 2.45) is 0 Å². The van der Waals surface area contributed by atoms with E-state index in [1.807, 2.05) is 18.2 Å². The fraction of sp³-hybridized carbons (Fsp3) is 0.286. The molecule has 1 aliphatic rings. The molecule has 0 radical (unpaired) electrons. The summed E-state index contributed by atoms with van der Waals surface area (Å²) < 4.78 is 5.48. The van der Waals surface area contributed by atoms with Gasteiger partial charge in [-0.05, 0) is 42.5 Å². The van der Waals surface area contributed by atoms with Crippen LogP contribution in [0.4, 0.5) is 11.4 Å². The Bertz CT molecular complexity index is 901. The summed E-state index contributed by atoms with van der Waals surface area (Å²) in [5, 5.41) is 20.0. The molecule has 0 aromatic heterocycles. The minimum absolute atomic E-state index is 0.0577. The van der Waals surface area contributed by atoms with Crippen LogP contribution in [-0.4, -0.2) is 36.2 Å². The molecule has 0 saturated carbocycles. The van der Waals surface area contributed by atoms with Crippen molar-refractivity contribution in [2.75, 3.05) is 25.1 Å². The summed E-state index contributed by atoms with van der Waals surface area (Å²) in [6, 6.07) is 12.6. The lowest BCUT2D eigenvalue weighted by molar-refractivity contribution is -0.384. The number of para-hydroxylation sites is 1. The molecule has 3 rings (SSSR count). The topological polar surface area (TPSA) is 92.9 Å². The van der Waals surface area contributed by atoms with Gasteiger partial charge in [-0.25, -0.2) is 4.79 Å². The average Bonchev–Trinajstić information content (AvgIpc) is 2.72. The Morgan fingerprint density at radius 2 is 1.96 bits per heavy atom. The zero-order valence-electron chi connectivity index (χ0n) is 15.6. The minimum atomic E-state index is -1.09. The first-order chi connectivity index (χ1) is 13.5. The number of hydrogen-bond acceptors (Lipinski definition) is 5. The second-order valence-electron chi connectivity index (χ2n) is 6.68. The number of carboxylic acids is 1. The van der Waals surface area contributed by atoms with E-state index in [4.69, 9.17) is 9.84 Å². The number of anilines is 1. The van der Waals surface area contributed by atoms with Gasteiger partial charge in [-0.1, -0.05) is 18.2 Å². The summed E-state index contributed by atoms with van der Waals surface area (Å²) in [4.78, 5) is 23.6. The average molecular weight is 382 g/mol. The first-order valence-electron chi connectivity index (χ1n) is 9.07. The molecule has 1 N–H and O–H groups in total. The highest BCUT2D eigenvalue weighted by Crippen LogP contribution is 2.36. The molecular weight excluding hydrogens is 360 g/mol. The van der Waals surface area contributed by atoms with Gasteiger partial charge in [0.15, 0.2) is 0 Å². The summed E-state index contributed by atoms with van der Waals surface area (Å²) >= 11 is 0. The summed E-state index contributed by atoms with van der Waals surface area (Å²) in [5.41, 5.74) is 2.48. The van der Waals surface area contributed by atoms with Crippen LogP contribution in [0.1, 0.15) is 29.9 Å². The number of nitro groups is 1. The van der Waals surface area contributed by atoms with Crippen LogP contribution in [0.2, 0.25) is 0 Å². The van der Waals surface area contributed by atoms with Crippen molar-refractivity contribution in [1.29, 1.82) is 0 Å². The molecule has 7 nitrogen and oxygen atoms in total. The predicted molar refractivity (Wildman–Crippen MR) is 107 cm³/mol. The number of rotatable bonds is 6. The summed E-state index contributed by atoms with van der Waals surface area (Å²) in [5.74, 6) is 0.178. The Hall–Kier alpha value is -3.35. The fourth-order valence-corrected chi connectivity index (χ4v) is 3.67. The number of aliphatic carboxylic acids is 1. The number of benzene rings is 2. The number of nitrogens with zero attached hydrogens (tertiary/aromatic N) is 2. The number of piperidine rings is 1. The lowest BCUT2D eigenvalue weighted by atomic mass is 9.88. The Balaban J connectivity index is 1.81. The normalized spacial score (nSPS) is 15.0. The largest absolute Gasteiger partial charge is 0.496 e. The maximum absolute atomic E-state index is 11.1. The van der Waals surface area contributed by atoms with Crippen molar-refractivity contribution in [2.45, 2.75) is 18.8 Å². The molecular formula is C21H22N2O5. The van der Waals surface area contributed by atoms with Crippen molar-refractivity contribution < 1.29 is 19.6 Å². The van der Waals surface area contributed by atoms with Gasteiger partial charge in [-0.2, -0.15) is 0 Å². The number of carbonyl (C=O) groups is 1. The predicted octanol–water partition coefficient (Wildman–Crippen LogP) is 4.09. The summed E-state index contributed by atoms with van der Waals surface area (Å²) in [7, 11) is 1.67. The number of nitro benzene ring substituents is 1. The second kappa shape index (κ2) is 8.56. The minimum Gasteiger partial charge on any atom is -0.496 e. The van der Waals surface area contributed by atoms with E-state index in [1.165, 1.54) is 23.8 Å². The molecule has 28 heavy (non-hydrogen) atoms. The van der Waals surface area contributed by atoms with Crippen molar-refractivity contribution in [3.8, 4) is 5.75 Å². The van der Waals surface area contributed by atoms with Crippen molar-refractivity contribution in [1.82, 2.24) is 0 Å². The highest BCUT2D eigenvalue weighted by Gasteiger charge is 2.24. The molecule has 7 heteroatoms. The molecule has 0 unspecified atom stereocenters. The molecule has 2 aromatic carbocycles. The van der Waals surface area contributed by atoms with E-state index in [2.05, 4.69) is 11.0 Å². The molecule has 146 valence electrons. The number of hydrogen-bond donors (Lipinski definition) is 1. The SMILES string of the molecule is COc1ccccc1C1CCN(c2ccc([N+](=O)[O-])cc2/C=C/C(=O)O)CC1. The molecule has 1 saturated heterocycles. The highest BCUT2D eigenvalue weighted by molar-refractivity contribution is 5.87. The summed E-state index contributed by atoms with van der Waals surface area (Å²) in [6.07, 6.45) is 4.25. The Labute approximate surface area is 163 Å². The number of carboxylic acid groups (broad SMARTS) is 1. The van der Waals surface area contributed by atoms with Crippen LogP contribution in [0.3, 0.4) is 0 Å². The van der Waals surface area contributed by atoms with Crippen LogP contribution >= 0.6 is 0 Å². The molecule has 2 aromatic rings. The molecule has 1 aliphatic heterocycles. The highest BCUT2D eigenvalue weighted by atomic mass is 16.6. The molecule has 0 aliphatic carbocycles. The van der Waals surface area contributed by atoms with E-state index in [0.29, 0.717) is 11.5 Å². The van der Waals surface area contributed by atoms with Crippen molar-refractivity contribution in [3.63, 3.8) is 0 Å². The molecule has 1 fully saturated rings. The van der Waals surface area contributed by atoms with Crippen LogP contribution in [0.15, 0.2) is 48.5 Å². The van der Waals surface area contributed by atoms with Crippen molar-refractivity contribution in [3.05, 3.63) is 69.8 Å². The van der Waals surface area contributed by atoms with Gasteiger partial charge in [0, 0.05) is 42.5 Å². The van der Waals surface area contributed by atoms with E-state index < -0.39 is 10.9 Å². The molecule has 0 amide bonds. The summed E-state index contributed by atoms with van der Waals surface area (Å²) in [6.45, 7) is 1.54. The van der Waals surface area contributed by atoms with Gasteiger partial charge in [0.1, 0.15) is 5.75 Å². The van der Waals surface area contributed by atoms with Gasteiger partial charge in [0.25, 0.3) is 5.69 Å². The molecule has 0 spiro atoms. The van der Waals surface area contributed by atoms with Gasteiger partial charge >= 0.3 is 5.97 Å². The third-order valence-corrected chi connectivity index (χ3v) is 5.04. The fourth-order valence-electron chi connectivity index (χ4n) is 3.67. The van der Waals surface area contributed by atoms with Gasteiger partial charge in [-0.3, -0.25) is 10.1 Å². The zero-order chi connectivity index (χ0) is 20.1. The lowest BCUT2D eigenvalue weighted by Gasteiger charge is -2.35. The van der Waals surface area contributed by atoms with Crippen LogP contribution in [0.5, 0.6) is 5.75 Å². The lowest BCUT2D eigenvalue weighted by Crippen LogP contribution is -2.33. The Morgan fingerprint density at radius 1 is 1.25 bits per heavy atom. The number of methoxy groups -OCH3 is 1. The van der Waals surface area contributed by atoms with Gasteiger partial charge < -0.3 is 14.7 Å².